The highest BCUT2D eigenvalue weighted by molar-refractivity contribution is 5.76. The molecule has 1 fully saturated rings. The predicted molar refractivity (Wildman–Crippen MR) is 102 cm³/mol. The number of hydrogen-bond acceptors (Lipinski definition) is 5. The maximum absolute atomic E-state index is 12.7. The molecular formula is C20H28N6O. The Labute approximate surface area is 160 Å². The van der Waals surface area contributed by atoms with Crippen LogP contribution in [0.2, 0.25) is 0 Å². The Morgan fingerprint density at radius 1 is 1.33 bits per heavy atom. The number of aryl methyl sites for hydroxylation is 2. The van der Waals surface area contributed by atoms with Crippen LogP contribution in [0.4, 0.5) is 0 Å². The van der Waals surface area contributed by atoms with Crippen molar-refractivity contribution < 1.29 is 4.79 Å². The Hall–Kier alpha value is -2.28. The summed E-state index contributed by atoms with van der Waals surface area (Å²) < 4.78 is 1.89. The standard InChI is InChI=1S/C20H28N6O/c1-15-5-8-22-26(15)11-7-19(27)25-9-3-4-16(14-25)20-21-12-17-13-24(2)10-6-18(17)23-20/h5,8,12,16H,3-4,6-7,9-11,13-14H2,1-2H3/t16-/m0/s1. The lowest BCUT2D eigenvalue weighted by Gasteiger charge is -2.33. The summed E-state index contributed by atoms with van der Waals surface area (Å²) in [6.45, 7) is 6.20. The molecule has 4 heterocycles. The maximum Gasteiger partial charge on any atom is 0.224 e. The van der Waals surface area contributed by atoms with Crippen molar-refractivity contribution in [2.75, 3.05) is 26.7 Å². The Morgan fingerprint density at radius 2 is 2.22 bits per heavy atom. The molecule has 1 saturated heterocycles. The van der Waals surface area contributed by atoms with Crippen LogP contribution < -0.4 is 0 Å². The van der Waals surface area contributed by atoms with E-state index in [4.69, 9.17) is 4.98 Å². The van der Waals surface area contributed by atoms with Crippen molar-refractivity contribution in [1.29, 1.82) is 0 Å². The van der Waals surface area contributed by atoms with E-state index >= 15 is 0 Å². The Kier molecular flexibility index (Phi) is 5.20. The lowest BCUT2D eigenvalue weighted by atomic mass is 9.96. The highest BCUT2D eigenvalue weighted by Gasteiger charge is 2.27. The van der Waals surface area contributed by atoms with Crippen molar-refractivity contribution in [1.82, 2.24) is 29.5 Å². The van der Waals surface area contributed by atoms with Crippen LogP contribution in [0.3, 0.4) is 0 Å². The van der Waals surface area contributed by atoms with Gasteiger partial charge in [0.25, 0.3) is 0 Å². The van der Waals surface area contributed by atoms with Crippen molar-refractivity contribution in [3.8, 4) is 0 Å². The van der Waals surface area contributed by atoms with E-state index in [1.807, 2.05) is 28.8 Å². The molecule has 1 amide bonds. The number of aromatic nitrogens is 4. The fourth-order valence-electron chi connectivity index (χ4n) is 4.08. The number of amides is 1. The summed E-state index contributed by atoms with van der Waals surface area (Å²) in [5.74, 6) is 1.37. The van der Waals surface area contributed by atoms with Crippen molar-refractivity contribution in [2.45, 2.75) is 51.6 Å². The van der Waals surface area contributed by atoms with Crippen LogP contribution in [-0.2, 0) is 24.3 Å². The van der Waals surface area contributed by atoms with Crippen molar-refractivity contribution in [3.05, 3.63) is 41.2 Å². The summed E-state index contributed by atoms with van der Waals surface area (Å²) in [7, 11) is 2.13. The molecule has 27 heavy (non-hydrogen) atoms. The number of fused-ring (bicyclic) bond motifs is 1. The molecule has 0 radical (unpaired) electrons. The van der Waals surface area contributed by atoms with Crippen LogP contribution in [0.25, 0.3) is 0 Å². The average molecular weight is 368 g/mol. The zero-order chi connectivity index (χ0) is 18.8. The molecule has 7 heteroatoms. The quantitative estimate of drug-likeness (QED) is 0.823. The molecule has 0 aromatic carbocycles. The van der Waals surface area contributed by atoms with Gasteiger partial charge in [-0.2, -0.15) is 5.10 Å². The van der Waals surface area contributed by atoms with Gasteiger partial charge >= 0.3 is 0 Å². The molecule has 2 aromatic heterocycles. The van der Waals surface area contributed by atoms with Crippen molar-refractivity contribution in [3.63, 3.8) is 0 Å². The average Bonchev–Trinajstić information content (AvgIpc) is 3.10. The van der Waals surface area contributed by atoms with E-state index in [9.17, 15) is 4.79 Å². The molecular weight excluding hydrogens is 340 g/mol. The van der Waals surface area contributed by atoms with Gasteiger partial charge in [0, 0.05) is 80.8 Å². The second-order valence-electron chi connectivity index (χ2n) is 7.81. The molecule has 4 rings (SSSR count). The fourth-order valence-corrected chi connectivity index (χ4v) is 4.08. The molecule has 0 spiro atoms. The van der Waals surface area contributed by atoms with E-state index in [2.05, 4.69) is 22.0 Å². The first-order valence-corrected chi connectivity index (χ1v) is 9.89. The third kappa shape index (κ3) is 4.03. The first-order chi connectivity index (χ1) is 13.1. The lowest BCUT2D eigenvalue weighted by molar-refractivity contribution is -0.132. The van der Waals surface area contributed by atoms with E-state index in [1.54, 1.807) is 6.20 Å². The van der Waals surface area contributed by atoms with Crippen molar-refractivity contribution >= 4 is 5.91 Å². The molecule has 144 valence electrons. The summed E-state index contributed by atoms with van der Waals surface area (Å²) in [6.07, 6.45) is 7.32. The number of hydrogen-bond donors (Lipinski definition) is 0. The third-order valence-electron chi connectivity index (χ3n) is 5.75. The first kappa shape index (κ1) is 18.1. The molecule has 0 bridgehead atoms. The number of likely N-dealkylation sites (tertiary alicyclic amines) is 1. The molecule has 1 atom stereocenters. The highest BCUT2D eigenvalue weighted by Crippen LogP contribution is 2.26. The number of carbonyl (C=O) groups is 1. The fraction of sp³-hybridized carbons (Fsp3) is 0.600. The number of likely N-dealkylation sites (N-methyl/N-ethyl adjacent to an activating group) is 1. The van der Waals surface area contributed by atoms with Gasteiger partial charge in [-0.1, -0.05) is 0 Å². The molecule has 0 saturated carbocycles. The van der Waals surface area contributed by atoms with Crippen LogP contribution in [0.5, 0.6) is 0 Å². The van der Waals surface area contributed by atoms with E-state index in [1.165, 1.54) is 11.3 Å². The number of piperidine rings is 1. The van der Waals surface area contributed by atoms with Gasteiger partial charge in [0.2, 0.25) is 5.91 Å². The lowest BCUT2D eigenvalue weighted by Crippen LogP contribution is -2.40. The second kappa shape index (κ2) is 7.76. The minimum atomic E-state index is 0.203. The van der Waals surface area contributed by atoms with Gasteiger partial charge in [0.05, 0.1) is 0 Å². The second-order valence-corrected chi connectivity index (χ2v) is 7.81. The van der Waals surface area contributed by atoms with E-state index in [0.29, 0.717) is 13.0 Å². The zero-order valence-electron chi connectivity index (χ0n) is 16.3. The normalized spacial score (nSPS) is 20.5. The zero-order valence-corrected chi connectivity index (χ0v) is 16.3. The van der Waals surface area contributed by atoms with Crippen LogP contribution in [0, 0.1) is 6.92 Å². The molecule has 2 aliphatic heterocycles. The van der Waals surface area contributed by atoms with Gasteiger partial charge in [-0.15, -0.1) is 0 Å². The van der Waals surface area contributed by atoms with Gasteiger partial charge in [-0.3, -0.25) is 9.48 Å². The summed E-state index contributed by atoms with van der Waals surface area (Å²) in [5, 5.41) is 4.26. The van der Waals surface area contributed by atoms with Gasteiger partial charge < -0.3 is 9.80 Å². The third-order valence-corrected chi connectivity index (χ3v) is 5.75. The SMILES string of the molecule is Cc1ccnn1CCC(=O)N1CCC[C@H](c2ncc3c(n2)CCN(C)C3)C1. The summed E-state index contributed by atoms with van der Waals surface area (Å²) >= 11 is 0. The molecule has 2 aliphatic rings. The summed E-state index contributed by atoms with van der Waals surface area (Å²) in [4.78, 5) is 26.5. The van der Waals surface area contributed by atoms with Crippen LogP contribution in [0.15, 0.2) is 18.5 Å². The Balaban J connectivity index is 1.39. The minimum absolute atomic E-state index is 0.203. The van der Waals surface area contributed by atoms with Gasteiger partial charge in [0.15, 0.2) is 0 Å². The maximum atomic E-state index is 12.7. The molecule has 7 nitrogen and oxygen atoms in total. The first-order valence-electron chi connectivity index (χ1n) is 9.89. The number of carbonyl (C=O) groups excluding carboxylic acids is 1. The summed E-state index contributed by atoms with van der Waals surface area (Å²) in [5.41, 5.74) is 3.52. The van der Waals surface area contributed by atoms with E-state index < -0.39 is 0 Å². The Bertz CT molecular complexity index is 817. The van der Waals surface area contributed by atoms with Gasteiger partial charge in [0.1, 0.15) is 5.82 Å². The van der Waals surface area contributed by atoms with Gasteiger partial charge in [-0.05, 0) is 32.9 Å². The van der Waals surface area contributed by atoms with Gasteiger partial charge in [-0.25, -0.2) is 9.97 Å². The van der Waals surface area contributed by atoms with E-state index in [0.717, 1.165) is 57.0 Å². The molecule has 0 aliphatic carbocycles. The monoisotopic (exact) mass is 368 g/mol. The van der Waals surface area contributed by atoms with Crippen LogP contribution >= 0.6 is 0 Å². The minimum Gasteiger partial charge on any atom is -0.342 e. The van der Waals surface area contributed by atoms with E-state index in [-0.39, 0.29) is 11.8 Å². The molecule has 2 aromatic rings. The van der Waals surface area contributed by atoms with Crippen LogP contribution in [-0.4, -0.2) is 62.1 Å². The van der Waals surface area contributed by atoms with Crippen LogP contribution in [0.1, 0.15) is 48.0 Å². The largest absolute Gasteiger partial charge is 0.342 e. The molecule has 0 unspecified atom stereocenters. The predicted octanol–water partition coefficient (Wildman–Crippen LogP) is 1.77. The van der Waals surface area contributed by atoms with Crippen molar-refractivity contribution in [2.24, 2.45) is 0 Å². The summed E-state index contributed by atoms with van der Waals surface area (Å²) in [6, 6.07) is 1.96. The smallest absolute Gasteiger partial charge is 0.224 e. The number of rotatable bonds is 4. The Morgan fingerprint density at radius 3 is 3.04 bits per heavy atom. The highest BCUT2D eigenvalue weighted by atomic mass is 16.2. The topological polar surface area (TPSA) is 67.2 Å². The number of nitrogens with zero attached hydrogens (tertiary/aromatic N) is 6. The molecule has 0 N–H and O–H groups in total.